The lowest BCUT2D eigenvalue weighted by molar-refractivity contribution is -0.384. The molecule has 0 saturated heterocycles. The number of benzene rings is 2. The van der Waals surface area contributed by atoms with E-state index in [4.69, 9.17) is 0 Å². The highest BCUT2D eigenvalue weighted by atomic mass is 16.6. The third-order valence-electron chi connectivity index (χ3n) is 5.01. The van der Waals surface area contributed by atoms with Gasteiger partial charge >= 0.3 is 0 Å². The van der Waals surface area contributed by atoms with E-state index in [9.17, 15) is 10.1 Å². The Morgan fingerprint density at radius 1 is 1.06 bits per heavy atom. The van der Waals surface area contributed by atoms with Crippen LogP contribution >= 0.6 is 0 Å². The van der Waals surface area contributed by atoms with Gasteiger partial charge in [-0.3, -0.25) is 19.8 Å². The number of non-ortho nitro benzene ring substituents is 1. The molecule has 0 atom stereocenters. The Bertz CT molecular complexity index is 984. The molecule has 8 nitrogen and oxygen atoms in total. The van der Waals surface area contributed by atoms with Crippen LogP contribution in [0.3, 0.4) is 0 Å². The molecule has 0 unspecified atom stereocenters. The summed E-state index contributed by atoms with van der Waals surface area (Å²) in [6, 6.07) is 17.0. The zero-order chi connectivity index (χ0) is 21.9. The monoisotopic (exact) mass is 420 g/mol. The standard InChI is InChI=1S/C23H28N6O2/c1-24-23(25-14-5-4-7-19-10-12-22(13-11-19)29(30)31)26-17-20-8-2-3-9-21(20)18-28-16-6-15-27-28/h2-3,6,8-13,15-16H,4-5,7,14,17-18H2,1H3,(H2,24,25,26). The highest BCUT2D eigenvalue weighted by Gasteiger charge is 2.06. The zero-order valence-corrected chi connectivity index (χ0v) is 17.7. The molecular formula is C23H28N6O2. The average molecular weight is 421 g/mol. The Morgan fingerprint density at radius 2 is 1.84 bits per heavy atom. The van der Waals surface area contributed by atoms with Crippen LogP contribution in [0.4, 0.5) is 5.69 Å². The first-order valence-corrected chi connectivity index (χ1v) is 10.4. The number of nitro benzene ring substituents is 1. The fourth-order valence-electron chi connectivity index (χ4n) is 3.30. The second-order valence-electron chi connectivity index (χ2n) is 7.21. The van der Waals surface area contributed by atoms with Gasteiger partial charge in [-0.15, -0.1) is 0 Å². The summed E-state index contributed by atoms with van der Waals surface area (Å²) < 4.78 is 1.91. The van der Waals surface area contributed by atoms with Crippen molar-refractivity contribution >= 4 is 11.6 Å². The highest BCUT2D eigenvalue weighted by Crippen LogP contribution is 2.13. The smallest absolute Gasteiger partial charge is 0.269 e. The summed E-state index contributed by atoms with van der Waals surface area (Å²) in [4.78, 5) is 14.6. The van der Waals surface area contributed by atoms with Gasteiger partial charge in [0.15, 0.2) is 5.96 Å². The van der Waals surface area contributed by atoms with Crippen molar-refractivity contribution in [1.82, 2.24) is 20.4 Å². The van der Waals surface area contributed by atoms with Gasteiger partial charge in [0.1, 0.15) is 0 Å². The van der Waals surface area contributed by atoms with Crippen LogP contribution in [0.5, 0.6) is 0 Å². The maximum Gasteiger partial charge on any atom is 0.269 e. The van der Waals surface area contributed by atoms with E-state index in [-0.39, 0.29) is 10.6 Å². The van der Waals surface area contributed by atoms with Crippen LogP contribution in [-0.4, -0.2) is 34.3 Å². The molecule has 0 aliphatic rings. The van der Waals surface area contributed by atoms with Gasteiger partial charge in [-0.25, -0.2) is 0 Å². The maximum atomic E-state index is 10.7. The largest absolute Gasteiger partial charge is 0.356 e. The molecule has 0 bridgehead atoms. The minimum Gasteiger partial charge on any atom is -0.356 e. The van der Waals surface area contributed by atoms with Gasteiger partial charge in [0, 0.05) is 44.7 Å². The summed E-state index contributed by atoms with van der Waals surface area (Å²) in [5.74, 6) is 0.768. The van der Waals surface area contributed by atoms with E-state index in [1.165, 1.54) is 11.1 Å². The molecule has 0 aliphatic carbocycles. The number of hydrogen-bond donors (Lipinski definition) is 2. The van der Waals surface area contributed by atoms with Gasteiger partial charge in [0.25, 0.3) is 5.69 Å². The Labute approximate surface area is 182 Å². The number of hydrogen-bond acceptors (Lipinski definition) is 4. The minimum absolute atomic E-state index is 0.131. The van der Waals surface area contributed by atoms with Crippen LogP contribution in [0.2, 0.25) is 0 Å². The first-order valence-electron chi connectivity index (χ1n) is 10.4. The zero-order valence-electron chi connectivity index (χ0n) is 17.7. The molecule has 0 fully saturated rings. The van der Waals surface area contributed by atoms with E-state index in [2.05, 4.69) is 32.9 Å². The summed E-state index contributed by atoms with van der Waals surface area (Å²) in [5.41, 5.74) is 3.67. The summed E-state index contributed by atoms with van der Waals surface area (Å²) in [5, 5.41) is 21.7. The van der Waals surface area contributed by atoms with Crippen molar-refractivity contribution in [3.8, 4) is 0 Å². The molecule has 3 rings (SSSR count). The molecule has 1 aromatic heterocycles. The van der Waals surface area contributed by atoms with Crippen molar-refractivity contribution in [2.45, 2.75) is 32.4 Å². The van der Waals surface area contributed by atoms with E-state index >= 15 is 0 Å². The molecule has 3 aromatic rings. The second-order valence-corrected chi connectivity index (χ2v) is 7.21. The van der Waals surface area contributed by atoms with E-state index in [1.807, 2.05) is 41.2 Å². The van der Waals surface area contributed by atoms with Crippen molar-refractivity contribution in [1.29, 1.82) is 0 Å². The van der Waals surface area contributed by atoms with E-state index in [1.54, 1.807) is 25.4 Å². The number of rotatable bonds is 10. The molecule has 0 radical (unpaired) electrons. The van der Waals surface area contributed by atoms with Gasteiger partial charge in [-0.05, 0) is 42.0 Å². The van der Waals surface area contributed by atoms with Crippen molar-refractivity contribution in [2.24, 2.45) is 4.99 Å². The Morgan fingerprint density at radius 3 is 2.52 bits per heavy atom. The Kier molecular flexibility index (Phi) is 8.16. The molecule has 2 N–H and O–H groups in total. The number of unbranched alkanes of at least 4 members (excludes halogenated alkanes) is 1. The predicted molar refractivity (Wildman–Crippen MR) is 122 cm³/mol. The van der Waals surface area contributed by atoms with Crippen LogP contribution in [0, 0.1) is 10.1 Å². The summed E-state index contributed by atoms with van der Waals surface area (Å²) in [6.45, 7) is 2.22. The fraction of sp³-hybridized carbons (Fsp3) is 0.304. The third kappa shape index (κ3) is 6.95. The number of guanidine groups is 1. The van der Waals surface area contributed by atoms with Crippen molar-refractivity contribution in [2.75, 3.05) is 13.6 Å². The molecular weight excluding hydrogens is 392 g/mol. The van der Waals surface area contributed by atoms with Crippen molar-refractivity contribution < 1.29 is 4.92 Å². The maximum absolute atomic E-state index is 10.7. The second kappa shape index (κ2) is 11.5. The van der Waals surface area contributed by atoms with Crippen LogP contribution in [0.15, 0.2) is 72.0 Å². The third-order valence-corrected chi connectivity index (χ3v) is 5.01. The molecule has 0 spiro atoms. The summed E-state index contributed by atoms with van der Waals surface area (Å²) in [7, 11) is 1.77. The number of aliphatic imine (C=N–C) groups is 1. The van der Waals surface area contributed by atoms with Crippen LogP contribution in [0.1, 0.15) is 29.5 Å². The van der Waals surface area contributed by atoms with Crippen molar-refractivity contribution in [3.63, 3.8) is 0 Å². The quantitative estimate of drug-likeness (QED) is 0.172. The topological polar surface area (TPSA) is 97.4 Å². The van der Waals surface area contributed by atoms with Crippen LogP contribution < -0.4 is 10.6 Å². The van der Waals surface area contributed by atoms with Gasteiger partial charge in [0.2, 0.25) is 0 Å². The molecule has 0 aliphatic heterocycles. The SMILES string of the molecule is CN=C(NCCCCc1ccc([N+](=O)[O-])cc1)NCc1ccccc1Cn1cccn1. The summed E-state index contributed by atoms with van der Waals surface area (Å²) >= 11 is 0. The molecule has 1 heterocycles. The summed E-state index contributed by atoms with van der Waals surface area (Å²) in [6.07, 6.45) is 6.62. The van der Waals surface area contributed by atoms with Gasteiger partial charge in [-0.2, -0.15) is 5.10 Å². The molecule has 31 heavy (non-hydrogen) atoms. The minimum atomic E-state index is -0.373. The van der Waals surface area contributed by atoms with Gasteiger partial charge in [-0.1, -0.05) is 36.4 Å². The predicted octanol–water partition coefficient (Wildman–Crippen LogP) is 3.53. The van der Waals surface area contributed by atoms with Crippen molar-refractivity contribution in [3.05, 3.63) is 93.8 Å². The fourth-order valence-corrected chi connectivity index (χ4v) is 3.30. The van der Waals surface area contributed by atoms with Crippen LogP contribution in [0.25, 0.3) is 0 Å². The van der Waals surface area contributed by atoms with E-state index in [0.717, 1.165) is 43.9 Å². The lowest BCUT2D eigenvalue weighted by atomic mass is 10.1. The Balaban J connectivity index is 1.40. The molecule has 0 saturated carbocycles. The Hall–Kier alpha value is -3.68. The number of nitro groups is 1. The highest BCUT2D eigenvalue weighted by molar-refractivity contribution is 5.79. The number of aromatic nitrogens is 2. The van der Waals surface area contributed by atoms with E-state index in [0.29, 0.717) is 6.54 Å². The van der Waals surface area contributed by atoms with Gasteiger partial charge in [0.05, 0.1) is 11.5 Å². The molecule has 2 aromatic carbocycles. The first kappa shape index (κ1) is 22.0. The molecule has 0 amide bonds. The van der Waals surface area contributed by atoms with E-state index < -0.39 is 0 Å². The lowest BCUT2D eigenvalue weighted by Gasteiger charge is -2.14. The first-order chi connectivity index (χ1) is 15.2. The number of aryl methyl sites for hydroxylation is 1. The number of nitrogens with zero attached hydrogens (tertiary/aromatic N) is 4. The van der Waals surface area contributed by atoms with Crippen LogP contribution in [-0.2, 0) is 19.5 Å². The molecule has 162 valence electrons. The average Bonchev–Trinajstić information content (AvgIpc) is 3.30. The molecule has 8 heteroatoms. The number of nitrogens with one attached hydrogen (secondary N) is 2. The normalized spacial score (nSPS) is 11.3. The van der Waals surface area contributed by atoms with Gasteiger partial charge < -0.3 is 10.6 Å². The lowest BCUT2D eigenvalue weighted by Crippen LogP contribution is -2.37.